The molecule has 2 aliphatic rings. The van der Waals surface area contributed by atoms with Crippen LogP contribution in [-0.2, 0) is 9.53 Å². The lowest BCUT2D eigenvalue weighted by molar-refractivity contribution is -0.129. The molecule has 1 amide bonds. The van der Waals surface area contributed by atoms with Crippen LogP contribution in [0.3, 0.4) is 0 Å². The van der Waals surface area contributed by atoms with Gasteiger partial charge in [0, 0.05) is 6.54 Å². The maximum Gasteiger partial charge on any atom is 0.246 e. The smallest absolute Gasteiger partial charge is 0.246 e. The largest absolute Gasteiger partial charge is 0.388 e. The highest BCUT2D eigenvalue weighted by Crippen LogP contribution is 2.26. The first-order valence-electron chi connectivity index (χ1n) is 7.99. The lowest BCUT2D eigenvalue weighted by Crippen LogP contribution is -2.44. The molecule has 1 saturated carbocycles. The maximum atomic E-state index is 11.8. The number of nitrogens with one attached hydrogen (secondary N) is 2. The van der Waals surface area contributed by atoms with Gasteiger partial charge in [0.25, 0.3) is 0 Å². The van der Waals surface area contributed by atoms with Crippen LogP contribution >= 0.6 is 0 Å². The van der Waals surface area contributed by atoms with Crippen molar-refractivity contribution in [1.29, 1.82) is 0 Å². The van der Waals surface area contributed by atoms with E-state index >= 15 is 0 Å². The van der Waals surface area contributed by atoms with E-state index in [1.54, 1.807) is 0 Å². The monoisotopic (exact) mass is 284 g/mol. The van der Waals surface area contributed by atoms with Gasteiger partial charge in [-0.2, -0.15) is 0 Å². The van der Waals surface area contributed by atoms with Crippen LogP contribution in [-0.4, -0.2) is 49.0 Å². The number of rotatable bonds is 5. The summed E-state index contributed by atoms with van der Waals surface area (Å²) in [7, 11) is 0. The summed E-state index contributed by atoms with van der Waals surface area (Å²) in [6.45, 7) is 2.40. The third-order valence-electron chi connectivity index (χ3n) is 4.39. The zero-order valence-corrected chi connectivity index (χ0v) is 12.3. The van der Waals surface area contributed by atoms with E-state index in [-0.39, 0.29) is 18.6 Å². The Labute approximate surface area is 121 Å². The summed E-state index contributed by atoms with van der Waals surface area (Å²) >= 11 is 0. The summed E-state index contributed by atoms with van der Waals surface area (Å²) in [5, 5.41) is 16.6. The number of aliphatic hydroxyl groups is 1. The maximum absolute atomic E-state index is 11.8. The van der Waals surface area contributed by atoms with E-state index in [1.807, 2.05) is 0 Å². The van der Waals surface area contributed by atoms with Gasteiger partial charge >= 0.3 is 0 Å². The minimum absolute atomic E-state index is 0.110. The van der Waals surface area contributed by atoms with Gasteiger partial charge in [-0.1, -0.05) is 25.7 Å². The van der Waals surface area contributed by atoms with Gasteiger partial charge in [-0.15, -0.1) is 0 Å². The van der Waals surface area contributed by atoms with Gasteiger partial charge in [0.1, 0.15) is 6.61 Å². The van der Waals surface area contributed by atoms with Crippen molar-refractivity contribution in [2.75, 3.05) is 26.2 Å². The molecule has 0 aromatic heterocycles. The Bertz CT molecular complexity index is 295. The fourth-order valence-electron chi connectivity index (χ4n) is 3.03. The molecule has 0 aromatic rings. The molecular weight excluding hydrogens is 256 g/mol. The molecule has 0 spiro atoms. The molecule has 2 rings (SSSR count). The first-order valence-corrected chi connectivity index (χ1v) is 7.99. The fraction of sp³-hybridized carbons (Fsp3) is 0.933. The first-order chi connectivity index (χ1) is 9.68. The SMILES string of the molecule is O=C(COC1CCNCC1)NCC1(O)CCCCCC1. The topological polar surface area (TPSA) is 70.6 Å². The standard InChI is InChI=1S/C15H28N2O3/c18-14(11-20-13-5-9-16-10-6-13)17-12-15(19)7-3-1-2-4-8-15/h13,16,19H,1-12H2,(H,17,18). The van der Waals surface area contributed by atoms with E-state index in [0.717, 1.165) is 51.6 Å². The van der Waals surface area contributed by atoms with Gasteiger partial charge < -0.3 is 20.5 Å². The van der Waals surface area contributed by atoms with Crippen molar-refractivity contribution in [1.82, 2.24) is 10.6 Å². The van der Waals surface area contributed by atoms with Crippen LogP contribution in [0.25, 0.3) is 0 Å². The fourth-order valence-corrected chi connectivity index (χ4v) is 3.03. The van der Waals surface area contributed by atoms with Crippen LogP contribution in [0.1, 0.15) is 51.4 Å². The van der Waals surface area contributed by atoms with Crippen LogP contribution < -0.4 is 10.6 Å². The molecule has 1 saturated heterocycles. The van der Waals surface area contributed by atoms with Crippen molar-refractivity contribution in [3.05, 3.63) is 0 Å². The number of hydrogen-bond donors (Lipinski definition) is 3. The molecule has 0 unspecified atom stereocenters. The lowest BCUT2D eigenvalue weighted by Gasteiger charge is -2.27. The molecule has 0 atom stereocenters. The van der Waals surface area contributed by atoms with Crippen molar-refractivity contribution in [2.24, 2.45) is 0 Å². The van der Waals surface area contributed by atoms with E-state index < -0.39 is 5.60 Å². The van der Waals surface area contributed by atoms with Crippen molar-refractivity contribution in [2.45, 2.75) is 63.1 Å². The number of hydrogen-bond acceptors (Lipinski definition) is 4. The molecule has 5 heteroatoms. The summed E-state index contributed by atoms with van der Waals surface area (Å²) in [5.41, 5.74) is -0.707. The average molecular weight is 284 g/mol. The van der Waals surface area contributed by atoms with Crippen molar-refractivity contribution in [3.8, 4) is 0 Å². The highest BCUT2D eigenvalue weighted by Gasteiger charge is 2.28. The Hall–Kier alpha value is -0.650. The van der Waals surface area contributed by atoms with Crippen LogP contribution in [0.2, 0.25) is 0 Å². The summed E-state index contributed by atoms with van der Waals surface area (Å²) < 4.78 is 5.61. The molecule has 1 heterocycles. The molecule has 0 aromatic carbocycles. The van der Waals surface area contributed by atoms with Gasteiger partial charge in [0.05, 0.1) is 11.7 Å². The number of piperidine rings is 1. The zero-order valence-electron chi connectivity index (χ0n) is 12.3. The van der Waals surface area contributed by atoms with Gasteiger partial charge in [-0.05, 0) is 38.8 Å². The molecule has 2 fully saturated rings. The Balaban J connectivity index is 1.63. The third kappa shape index (κ3) is 5.38. The first kappa shape index (κ1) is 15.7. The van der Waals surface area contributed by atoms with Crippen molar-refractivity contribution >= 4 is 5.91 Å². The second kappa shape index (κ2) is 7.96. The van der Waals surface area contributed by atoms with E-state index in [0.29, 0.717) is 6.54 Å². The van der Waals surface area contributed by atoms with E-state index in [9.17, 15) is 9.90 Å². The van der Waals surface area contributed by atoms with Gasteiger partial charge in [-0.25, -0.2) is 0 Å². The summed E-state index contributed by atoms with van der Waals surface area (Å²) in [6, 6.07) is 0. The Kier molecular flexibility index (Phi) is 6.26. The van der Waals surface area contributed by atoms with Crippen LogP contribution in [0.5, 0.6) is 0 Å². The van der Waals surface area contributed by atoms with Crippen molar-refractivity contribution < 1.29 is 14.6 Å². The highest BCUT2D eigenvalue weighted by molar-refractivity contribution is 5.77. The second-order valence-electron chi connectivity index (χ2n) is 6.18. The van der Waals surface area contributed by atoms with Crippen LogP contribution in [0.4, 0.5) is 0 Å². The molecule has 20 heavy (non-hydrogen) atoms. The summed E-state index contributed by atoms with van der Waals surface area (Å²) in [5.74, 6) is -0.110. The molecule has 5 nitrogen and oxygen atoms in total. The third-order valence-corrected chi connectivity index (χ3v) is 4.39. The van der Waals surface area contributed by atoms with Crippen LogP contribution in [0.15, 0.2) is 0 Å². The van der Waals surface area contributed by atoms with Crippen molar-refractivity contribution in [3.63, 3.8) is 0 Å². The van der Waals surface area contributed by atoms with E-state index in [2.05, 4.69) is 10.6 Å². The molecule has 1 aliphatic heterocycles. The lowest BCUT2D eigenvalue weighted by atomic mass is 9.94. The van der Waals surface area contributed by atoms with Crippen LogP contribution in [0, 0.1) is 0 Å². The molecule has 0 bridgehead atoms. The molecule has 3 N–H and O–H groups in total. The number of carbonyl (C=O) groups is 1. The van der Waals surface area contributed by atoms with Gasteiger partial charge in [0.2, 0.25) is 5.91 Å². The zero-order chi connectivity index (χ0) is 14.3. The predicted molar refractivity (Wildman–Crippen MR) is 77.5 cm³/mol. The Morgan fingerprint density at radius 3 is 2.50 bits per heavy atom. The summed E-state index contributed by atoms with van der Waals surface area (Å²) in [6.07, 6.45) is 8.21. The average Bonchev–Trinajstić information content (AvgIpc) is 2.69. The van der Waals surface area contributed by atoms with E-state index in [4.69, 9.17) is 4.74 Å². The highest BCUT2D eigenvalue weighted by atomic mass is 16.5. The Morgan fingerprint density at radius 1 is 1.20 bits per heavy atom. The number of carbonyl (C=O) groups excluding carboxylic acids is 1. The second-order valence-corrected chi connectivity index (χ2v) is 6.18. The quantitative estimate of drug-likeness (QED) is 0.658. The molecular formula is C15H28N2O3. The predicted octanol–water partition coefficient (Wildman–Crippen LogP) is 0.957. The number of amides is 1. The number of ether oxygens (including phenoxy) is 1. The molecule has 116 valence electrons. The van der Waals surface area contributed by atoms with Gasteiger partial charge in [0.15, 0.2) is 0 Å². The van der Waals surface area contributed by atoms with Gasteiger partial charge in [-0.3, -0.25) is 4.79 Å². The van der Waals surface area contributed by atoms with E-state index in [1.165, 1.54) is 12.8 Å². The minimum Gasteiger partial charge on any atom is -0.388 e. The normalized spacial score (nSPS) is 24.1. The molecule has 0 radical (unpaired) electrons. The minimum atomic E-state index is -0.707. The molecule has 1 aliphatic carbocycles. The summed E-state index contributed by atoms with van der Waals surface area (Å²) in [4.78, 5) is 11.8. The Morgan fingerprint density at radius 2 is 1.85 bits per heavy atom.